The van der Waals surface area contributed by atoms with Gasteiger partial charge in [0.2, 0.25) is 10.0 Å². The van der Waals surface area contributed by atoms with Gasteiger partial charge in [-0.15, -0.1) is 0 Å². The zero-order chi connectivity index (χ0) is 20.1. The van der Waals surface area contributed by atoms with Crippen LogP contribution in [0.4, 0.5) is 5.69 Å². The minimum absolute atomic E-state index is 0.107. The number of hydrogen-bond donors (Lipinski definition) is 3. The summed E-state index contributed by atoms with van der Waals surface area (Å²) in [5.41, 5.74) is -0.273. The van der Waals surface area contributed by atoms with Gasteiger partial charge in [-0.1, -0.05) is 6.07 Å². The van der Waals surface area contributed by atoms with Crippen LogP contribution in [-0.2, 0) is 14.8 Å². The van der Waals surface area contributed by atoms with Crippen LogP contribution in [0.1, 0.15) is 19.8 Å². The predicted octanol–water partition coefficient (Wildman–Crippen LogP) is 0.855. The van der Waals surface area contributed by atoms with Crippen LogP contribution < -0.4 is 15.4 Å². The highest BCUT2D eigenvalue weighted by Gasteiger charge is 2.16. The van der Waals surface area contributed by atoms with Crippen LogP contribution in [0.3, 0.4) is 0 Å². The Balaban J connectivity index is 2.36. The summed E-state index contributed by atoms with van der Waals surface area (Å²) in [5, 5.41) is 16.9. The summed E-state index contributed by atoms with van der Waals surface area (Å²) in [6, 6.07) is 4.91. The van der Waals surface area contributed by atoms with Gasteiger partial charge in [-0.3, -0.25) is 15.1 Å². The molecule has 0 aliphatic rings. The average Bonchev–Trinajstić information content (AvgIpc) is 2.66. The Kier molecular flexibility index (Phi) is 10.3. The smallest absolute Gasteiger partial charge is 0.270 e. The van der Waals surface area contributed by atoms with E-state index in [9.17, 15) is 18.5 Å². The van der Waals surface area contributed by atoms with Crippen LogP contribution in [0.15, 0.2) is 34.2 Å². The molecule has 0 aliphatic carbocycles. The molecule has 152 valence electrons. The summed E-state index contributed by atoms with van der Waals surface area (Å²) >= 11 is 0. The van der Waals surface area contributed by atoms with Crippen molar-refractivity contribution in [3.8, 4) is 0 Å². The van der Waals surface area contributed by atoms with Gasteiger partial charge in [0.1, 0.15) is 0 Å². The normalized spacial score (nSPS) is 12.0. The van der Waals surface area contributed by atoms with E-state index in [0.717, 1.165) is 32.1 Å². The fraction of sp³-hybridized carbons (Fsp3) is 0.562. The zero-order valence-electron chi connectivity index (χ0n) is 15.6. The minimum atomic E-state index is -3.82. The van der Waals surface area contributed by atoms with E-state index in [4.69, 9.17) is 4.74 Å². The second kappa shape index (κ2) is 12.2. The molecule has 0 saturated heterocycles. The predicted molar refractivity (Wildman–Crippen MR) is 103 cm³/mol. The molecule has 27 heavy (non-hydrogen) atoms. The molecule has 3 N–H and O–H groups in total. The fourth-order valence-corrected chi connectivity index (χ4v) is 3.19. The van der Waals surface area contributed by atoms with Gasteiger partial charge in [-0.2, -0.15) is 0 Å². The van der Waals surface area contributed by atoms with Crippen molar-refractivity contribution in [3.63, 3.8) is 0 Å². The lowest BCUT2D eigenvalue weighted by atomic mass is 10.3. The molecule has 1 rings (SSSR count). The number of nitrogens with zero attached hydrogens (tertiary/aromatic N) is 2. The third-order valence-corrected chi connectivity index (χ3v) is 4.94. The maximum Gasteiger partial charge on any atom is 0.270 e. The van der Waals surface area contributed by atoms with Crippen LogP contribution in [0.2, 0.25) is 0 Å². The lowest BCUT2D eigenvalue weighted by molar-refractivity contribution is -0.385. The topological polar surface area (TPSA) is 135 Å². The molecule has 0 fully saturated rings. The van der Waals surface area contributed by atoms with Gasteiger partial charge in [0.15, 0.2) is 5.96 Å². The molecule has 0 saturated carbocycles. The molecule has 0 spiro atoms. The number of sulfonamides is 1. The third-order valence-electron chi connectivity index (χ3n) is 3.48. The van der Waals surface area contributed by atoms with E-state index in [1.807, 2.05) is 6.92 Å². The Morgan fingerprint density at radius 3 is 2.63 bits per heavy atom. The lowest BCUT2D eigenvalue weighted by Crippen LogP contribution is -2.41. The van der Waals surface area contributed by atoms with Gasteiger partial charge >= 0.3 is 0 Å². The van der Waals surface area contributed by atoms with Gasteiger partial charge in [0.25, 0.3) is 5.69 Å². The molecule has 0 bridgehead atoms. The number of aliphatic imine (C=N–C) groups is 1. The summed E-state index contributed by atoms with van der Waals surface area (Å²) < 4.78 is 32.1. The molecule has 0 heterocycles. The molecule has 0 amide bonds. The van der Waals surface area contributed by atoms with E-state index < -0.39 is 14.9 Å². The van der Waals surface area contributed by atoms with Gasteiger partial charge < -0.3 is 15.4 Å². The van der Waals surface area contributed by atoms with Crippen molar-refractivity contribution in [2.75, 3.05) is 39.9 Å². The number of ether oxygens (including phenoxy) is 1. The van der Waals surface area contributed by atoms with Crippen molar-refractivity contribution >= 4 is 21.7 Å². The Morgan fingerprint density at radius 2 is 1.96 bits per heavy atom. The van der Waals surface area contributed by atoms with Crippen molar-refractivity contribution < 1.29 is 18.1 Å². The molecule has 1 aromatic rings. The number of rotatable bonds is 12. The molecule has 11 heteroatoms. The fourth-order valence-electron chi connectivity index (χ4n) is 2.11. The minimum Gasteiger partial charge on any atom is -0.382 e. The van der Waals surface area contributed by atoms with E-state index in [1.54, 1.807) is 7.05 Å². The molecular formula is C16H27N5O5S. The highest BCUT2D eigenvalue weighted by atomic mass is 32.2. The number of unbranched alkanes of at least 4 members (excludes halogenated alkanes) is 1. The Hall–Kier alpha value is -2.24. The maximum atomic E-state index is 12.2. The summed E-state index contributed by atoms with van der Waals surface area (Å²) in [6.07, 6.45) is 1.88. The van der Waals surface area contributed by atoms with Crippen molar-refractivity contribution in [2.24, 2.45) is 4.99 Å². The highest BCUT2D eigenvalue weighted by molar-refractivity contribution is 7.89. The molecular weight excluding hydrogens is 374 g/mol. The van der Waals surface area contributed by atoms with Crippen LogP contribution in [-0.4, -0.2) is 59.2 Å². The molecule has 0 atom stereocenters. The summed E-state index contributed by atoms with van der Waals surface area (Å²) in [6.45, 7) is 4.54. The second-order valence-electron chi connectivity index (χ2n) is 5.48. The maximum absolute atomic E-state index is 12.2. The Morgan fingerprint density at radius 1 is 1.22 bits per heavy atom. The molecule has 0 aliphatic heterocycles. The quantitative estimate of drug-likeness (QED) is 0.155. The monoisotopic (exact) mass is 401 g/mol. The first-order valence-electron chi connectivity index (χ1n) is 8.67. The number of nitro groups is 1. The first-order chi connectivity index (χ1) is 12.9. The standard InChI is InChI=1S/C16H27N5O5S/c1-3-26-12-5-4-9-18-16(17-2)19-10-11-20-27(24,25)15-8-6-7-14(13-15)21(22)23/h6-8,13,20H,3-5,9-12H2,1-2H3,(H2,17,18,19). The number of nitrogens with one attached hydrogen (secondary N) is 3. The third kappa shape index (κ3) is 8.80. The lowest BCUT2D eigenvalue weighted by Gasteiger charge is -2.12. The van der Waals surface area contributed by atoms with Gasteiger partial charge in [-0.05, 0) is 25.8 Å². The van der Waals surface area contributed by atoms with E-state index in [0.29, 0.717) is 19.1 Å². The molecule has 10 nitrogen and oxygen atoms in total. The van der Waals surface area contributed by atoms with E-state index >= 15 is 0 Å². The van der Waals surface area contributed by atoms with Crippen LogP contribution in [0.25, 0.3) is 0 Å². The van der Waals surface area contributed by atoms with Crippen LogP contribution >= 0.6 is 0 Å². The van der Waals surface area contributed by atoms with Crippen molar-refractivity contribution in [3.05, 3.63) is 34.4 Å². The van der Waals surface area contributed by atoms with Crippen molar-refractivity contribution in [2.45, 2.75) is 24.7 Å². The Labute approximate surface area is 159 Å². The van der Waals surface area contributed by atoms with Gasteiger partial charge in [0.05, 0.1) is 9.82 Å². The number of non-ortho nitro benzene ring substituents is 1. The summed E-state index contributed by atoms with van der Waals surface area (Å²) in [7, 11) is -2.19. The van der Waals surface area contributed by atoms with E-state index in [1.165, 1.54) is 18.2 Å². The summed E-state index contributed by atoms with van der Waals surface area (Å²) in [5.74, 6) is 0.570. The first-order valence-corrected chi connectivity index (χ1v) is 10.2. The number of hydrogen-bond acceptors (Lipinski definition) is 6. The van der Waals surface area contributed by atoms with Crippen LogP contribution in [0.5, 0.6) is 0 Å². The highest BCUT2D eigenvalue weighted by Crippen LogP contribution is 2.16. The van der Waals surface area contributed by atoms with Crippen LogP contribution in [0, 0.1) is 10.1 Å². The number of nitro benzene ring substituents is 1. The molecule has 1 aromatic carbocycles. The summed E-state index contributed by atoms with van der Waals surface area (Å²) in [4.78, 5) is 14.0. The molecule has 0 radical (unpaired) electrons. The molecule has 0 unspecified atom stereocenters. The van der Waals surface area contributed by atoms with E-state index in [-0.39, 0.29) is 17.1 Å². The number of guanidine groups is 1. The molecule has 0 aromatic heterocycles. The number of benzene rings is 1. The SMILES string of the molecule is CCOCCCCNC(=NC)NCCNS(=O)(=O)c1cccc([N+](=O)[O-])c1. The van der Waals surface area contributed by atoms with Gasteiger partial charge in [0, 0.05) is 52.0 Å². The average molecular weight is 401 g/mol. The van der Waals surface area contributed by atoms with Gasteiger partial charge in [-0.25, -0.2) is 13.1 Å². The Bertz CT molecular complexity index is 724. The largest absolute Gasteiger partial charge is 0.382 e. The second-order valence-corrected chi connectivity index (χ2v) is 7.25. The first kappa shape index (κ1) is 22.8. The van der Waals surface area contributed by atoms with Crippen molar-refractivity contribution in [1.29, 1.82) is 0 Å². The zero-order valence-corrected chi connectivity index (χ0v) is 16.4. The van der Waals surface area contributed by atoms with Crippen molar-refractivity contribution in [1.82, 2.24) is 15.4 Å². The van der Waals surface area contributed by atoms with E-state index in [2.05, 4.69) is 20.3 Å².